The van der Waals surface area contributed by atoms with E-state index in [4.69, 9.17) is 0 Å². The zero-order valence-corrected chi connectivity index (χ0v) is 15.7. The number of hydrogen-bond acceptors (Lipinski definition) is 5. The Hall–Kier alpha value is -3.41. The van der Waals surface area contributed by atoms with Crippen LogP contribution in [0.3, 0.4) is 0 Å². The highest BCUT2D eigenvalue weighted by molar-refractivity contribution is 6.04. The molecule has 0 bridgehead atoms. The van der Waals surface area contributed by atoms with E-state index in [9.17, 15) is 4.79 Å². The van der Waals surface area contributed by atoms with E-state index < -0.39 is 0 Å². The smallest absolute Gasteiger partial charge is 0.255 e. The fourth-order valence-corrected chi connectivity index (χ4v) is 2.65. The Kier molecular flexibility index (Phi) is 5.66. The number of benzene rings is 2. The minimum atomic E-state index is -0.128. The fourth-order valence-electron chi connectivity index (χ4n) is 2.65. The first-order valence-corrected chi connectivity index (χ1v) is 8.88. The van der Waals surface area contributed by atoms with Gasteiger partial charge in [-0.05, 0) is 57.2 Å². The second kappa shape index (κ2) is 8.31. The van der Waals surface area contributed by atoms with Crippen LogP contribution in [0.1, 0.15) is 28.5 Å². The van der Waals surface area contributed by atoms with Gasteiger partial charge in [0.15, 0.2) is 0 Å². The van der Waals surface area contributed by atoms with Crippen molar-refractivity contribution in [3.05, 3.63) is 71.4 Å². The lowest BCUT2D eigenvalue weighted by atomic mass is 10.1. The zero-order chi connectivity index (χ0) is 19.2. The first-order chi connectivity index (χ1) is 13.0. The number of hydrogen-bond donors (Lipinski definition) is 3. The average molecular weight is 361 g/mol. The SMILES string of the molecule is CCNc1cc(C)nc(Nc2ccc(NC(=O)c3cccc(C)c3)cc2)n1. The van der Waals surface area contributed by atoms with E-state index in [2.05, 4.69) is 25.9 Å². The van der Waals surface area contributed by atoms with E-state index in [0.29, 0.717) is 11.5 Å². The Bertz CT molecular complexity index is 938. The summed E-state index contributed by atoms with van der Waals surface area (Å²) in [6, 6.07) is 16.9. The van der Waals surface area contributed by atoms with Crippen LogP contribution in [-0.4, -0.2) is 22.4 Å². The number of nitrogens with one attached hydrogen (secondary N) is 3. The molecule has 138 valence electrons. The summed E-state index contributed by atoms with van der Waals surface area (Å²) in [7, 11) is 0. The number of rotatable bonds is 6. The minimum absolute atomic E-state index is 0.128. The molecule has 2 aromatic carbocycles. The third-order valence-corrected chi connectivity index (χ3v) is 3.89. The summed E-state index contributed by atoms with van der Waals surface area (Å²) in [4.78, 5) is 21.2. The van der Waals surface area contributed by atoms with E-state index in [-0.39, 0.29) is 5.91 Å². The molecule has 0 spiro atoms. The summed E-state index contributed by atoms with van der Waals surface area (Å²) >= 11 is 0. The van der Waals surface area contributed by atoms with Crippen molar-refractivity contribution >= 4 is 29.0 Å². The van der Waals surface area contributed by atoms with Crippen LogP contribution in [-0.2, 0) is 0 Å². The lowest BCUT2D eigenvalue weighted by molar-refractivity contribution is 0.102. The van der Waals surface area contributed by atoms with E-state index in [0.717, 1.165) is 35.0 Å². The van der Waals surface area contributed by atoms with Gasteiger partial charge in [0.1, 0.15) is 5.82 Å². The number of carbonyl (C=O) groups excluding carboxylic acids is 1. The van der Waals surface area contributed by atoms with Crippen molar-refractivity contribution in [2.75, 3.05) is 22.5 Å². The predicted octanol–water partition coefficient (Wildman–Crippen LogP) is 4.52. The summed E-state index contributed by atoms with van der Waals surface area (Å²) in [6.45, 7) is 6.71. The second-order valence-corrected chi connectivity index (χ2v) is 6.27. The average Bonchev–Trinajstić information content (AvgIpc) is 2.63. The van der Waals surface area contributed by atoms with Crippen LogP contribution < -0.4 is 16.0 Å². The minimum Gasteiger partial charge on any atom is -0.370 e. The molecule has 0 fully saturated rings. The molecular formula is C21H23N5O. The maximum Gasteiger partial charge on any atom is 0.255 e. The zero-order valence-electron chi connectivity index (χ0n) is 15.7. The number of aryl methyl sites for hydroxylation is 2. The third kappa shape index (κ3) is 5.04. The lowest BCUT2D eigenvalue weighted by Gasteiger charge is -2.10. The van der Waals surface area contributed by atoms with Gasteiger partial charge in [0.25, 0.3) is 5.91 Å². The summed E-state index contributed by atoms with van der Waals surface area (Å²) < 4.78 is 0. The van der Waals surface area contributed by atoms with Crippen LogP contribution in [0.15, 0.2) is 54.6 Å². The Balaban J connectivity index is 1.68. The predicted molar refractivity (Wildman–Crippen MR) is 110 cm³/mol. The van der Waals surface area contributed by atoms with Crippen LogP contribution in [0, 0.1) is 13.8 Å². The van der Waals surface area contributed by atoms with Crippen LogP contribution in [0.4, 0.5) is 23.1 Å². The molecule has 0 aliphatic carbocycles. The molecule has 1 aromatic heterocycles. The van der Waals surface area contributed by atoms with Gasteiger partial charge in [-0.15, -0.1) is 0 Å². The van der Waals surface area contributed by atoms with Crippen molar-refractivity contribution < 1.29 is 4.79 Å². The van der Waals surface area contributed by atoms with E-state index in [1.807, 2.05) is 69.3 Å². The van der Waals surface area contributed by atoms with Crippen LogP contribution >= 0.6 is 0 Å². The largest absolute Gasteiger partial charge is 0.370 e. The van der Waals surface area contributed by atoms with Gasteiger partial charge >= 0.3 is 0 Å². The van der Waals surface area contributed by atoms with Crippen molar-refractivity contribution in [2.24, 2.45) is 0 Å². The van der Waals surface area contributed by atoms with Crippen LogP contribution in [0.25, 0.3) is 0 Å². The van der Waals surface area contributed by atoms with Crippen LogP contribution in [0.5, 0.6) is 0 Å². The normalized spacial score (nSPS) is 10.3. The molecule has 27 heavy (non-hydrogen) atoms. The number of nitrogens with zero attached hydrogens (tertiary/aromatic N) is 2. The van der Waals surface area contributed by atoms with Gasteiger partial charge in [0.05, 0.1) is 0 Å². The Morgan fingerprint density at radius 1 is 0.963 bits per heavy atom. The van der Waals surface area contributed by atoms with Crippen molar-refractivity contribution in [1.82, 2.24) is 9.97 Å². The van der Waals surface area contributed by atoms with Crippen molar-refractivity contribution in [3.8, 4) is 0 Å². The van der Waals surface area contributed by atoms with E-state index in [1.165, 1.54) is 0 Å². The molecule has 1 heterocycles. The number of amides is 1. The monoisotopic (exact) mass is 361 g/mol. The quantitative estimate of drug-likeness (QED) is 0.601. The second-order valence-electron chi connectivity index (χ2n) is 6.27. The van der Waals surface area contributed by atoms with Crippen molar-refractivity contribution in [2.45, 2.75) is 20.8 Å². The number of aromatic nitrogens is 2. The molecular weight excluding hydrogens is 338 g/mol. The van der Waals surface area contributed by atoms with Gasteiger partial charge in [-0.2, -0.15) is 4.98 Å². The summed E-state index contributed by atoms with van der Waals surface area (Å²) in [6.07, 6.45) is 0. The molecule has 3 aromatic rings. The van der Waals surface area contributed by atoms with Gasteiger partial charge in [-0.25, -0.2) is 4.98 Å². The Morgan fingerprint density at radius 2 is 1.70 bits per heavy atom. The summed E-state index contributed by atoms with van der Waals surface area (Å²) in [5.41, 5.74) is 4.14. The Morgan fingerprint density at radius 3 is 2.41 bits per heavy atom. The standard InChI is InChI=1S/C21H23N5O/c1-4-22-19-13-15(3)23-21(26-19)25-18-10-8-17(9-11-18)24-20(27)16-7-5-6-14(2)12-16/h5-13H,4H2,1-3H3,(H,24,27)(H2,22,23,25,26). The molecule has 0 aliphatic rings. The van der Waals surface area contributed by atoms with Gasteiger partial charge in [-0.3, -0.25) is 4.79 Å². The van der Waals surface area contributed by atoms with Gasteiger partial charge < -0.3 is 16.0 Å². The summed E-state index contributed by atoms with van der Waals surface area (Å²) in [5, 5.41) is 9.28. The molecule has 6 heteroatoms. The highest BCUT2D eigenvalue weighted by atomic mass is 16.1. The van der Waals surface area contributed by atoms with E-state index >= 15 is 0 Å². The number of carbonyl (C=O) groups is 1. The molecule has 0 atom stereocenters. The first-order valence-electron chi connectivity index (χ1n) is 8.88. The highest BCUT2D eigenvalue weighted by Crippen LogP contribution is 2.19. The molecule has 6 nitrogen and oxygen atoms in total. The fraction of sp³-hybridized carbons (Fsp3) is 0.190. The molecule has 0 aliphatic heterocycles. The third-order valence-electron chi connectivity index (χ3n) is 3.89. The lowest BCUT2D eigenvalue weighted by Crippen LogP contribution is -2.11. The molecule has 3 N–H and O–H groups in total. The van der Waals surface area contributed by atoms with E-state index in [1.54, 1.807) is 6.07 Å². The molecule has 0 saturated carbocycles. The first kappa shape index (κ1) is 18.4. The molecule has 0 radical (unpaired) electrons. The van der Waals surface area contributed by atoms with Crippen molar-refractivity contribution in [3.63, 3.8) is 0 Å². The van der Waals surface area contributed by atoms with Gasteiger partial charge in [-0.1, -0.05) is 17.7 Å². The van der Waals surface area contributed by atoms with Crippen LogP contribution in [0.2, 0.25) is 0 Å². The number of anilines is 4. The highest BCUT2D eigenvalue weighted by Gasteiger charge is 2.07. The summed E-state index contributed by atoms with van der Waals surface area (Å²) in [5.74, 6) is 1.19. The van der Waals surface area contributed by atoms with Gasteiger partial charge in [0, 0.05) is 35.2 Å². The molecule has 0 unspecified atom stereocenters. The van der Waals surface area contributed by atoms with Crippen molar-refractivity contribution in [1.29, 1.82) is 0 Å². The maximum atomic E-state index is 12.3. The molecule has 3 rings (SSSR count). The maximum absolute atomic E-state index is 12.3. The molecule has 0 saturated heterocycles. The topological polar surface area (TPSA) is 78.9 Å². The van der Waals surface area contributed by atoms with Gasteiger partial charge in [0.2, 0.25) is 5.95 Å². The molecule has 1 amide bonds. The Labute approximate surface area is 159 Å².